The maximum absolute atomic E-state index is 12.1. The molecule has 1 fully saturated rings. The number of carbonyl (C=O) groups is 1. The van der Waals surface area contributed by atoms with Gasteiger partial charge in [0.25, 0.3) is 0 Å². The molecule has 17 heavy (non-hydrogen) atoms. The number of rotatable bonds is 3. The van der Waals surface area contributed by atoms with Crippen molar-refractivity contribution in [1.29, 1.82) is 0 Å². The molecule has 0 aromatic rings. The SMILES string of the molecule is C=CCC[C@@H]1CCCCN1C(=O)OC(C)(C)C. The predicted molar refractivity (Wildman–Crippen MR) is 70.0 cm³/mol. The fraction of sp³-hybridized carbons (Fsp3) is 0.786. The van der Waals surface area contributed by atoms with Crippen LogP contribution in [0.4, 0.5) is 4.79 Å². The molecule has 0 aromatic heterocycles. The quantitative estimate of drug-likeness (QED) is 0.702. The van der Waals surface area contributed by atoms with Crippen LogP contribution in [0.15, 0.2) is 12.7 Å². The summed E-state index contributed by atoms with van der Waals surface area (Å²) in [6, 6.07) is 0.330. The topological polar surface area (TPSA) is 29.5 Å². The molecule has 1 amide bonds. The molecule has 98 valence electrons. The highest BCUT2D eigenvalue weighted by atomic mass is 16.6. The van der Waals surface area contributed by atoms with E-state index in [9.17, 15) is 4.79 Å². The Morgan fingerprint density at radius 1 is 1.47 bits per heavy atom. The minimum Gasteiger partial charge on any atom is -0.444 e. The van der Waals surface area contributed by atoms with Gasteiger partial charge in [-0.05, 0) is 52.9 Å². The Morgan fingerprint density at radius 3 is 2.76 bits per heavy atom. The van der Waals surface area contributed by atoms with Crippen LogP contribution in [-0.4, -0.2) is 29.2 Å². The molecule has 0 saturated carbocycles. The summed E-state index contributed by atoms with van der Waals surface area (Å²) in [7, 11) is 0. The summed E-state index contributed by atoms with van der Waals surface area (Å²) in [5, 5.41) is 0. The summed E-state index contributed by atoms with van der Waals surface area (Å²) in [5.41, 5.74) is -0.405. The number of likely N-dealkylation sites (tertiary alicyclic amines) is 1. The lowest BCUT2D eigenvalue weighted by Crippen LogP contribution is -2.46. The van der Waals surface area contributed by atoms with E-state index in [1.165, 1.54) is 6.42 Å². The van der Waals surface area contributed by atoms with E-state index in [2.05, 4.69) is 6.58 Å². The van der Waals surface area contributed by atoms with Crippen molar-refractivity contribution in [3.05, 3.63) is 12.7 Å². The molecule has 1 rings (SSSR count). The molecule has 0 aliphatic carbocycles. The van der Waals surface area contributed by atoms with Crippen LogP contribution in [0, 0.1) is 0 Å². The predicted octanol–water partition coefficient (Wildman–Crippen LogP) is 3.74. The third kappa shape index (κ3) is 4.80. The minimum atomic E-state index is -0.405. The molecule has 0 radical (unpaired) electrons. The first-order valence-corrected chi connectivity index (χ1v) is 6.54. The van der Waals surface area contributed by atoms with Crippen LogP contribution in [-0.2, 0) is 4.74 Å². The second-order valence-corrected chi connectivity index (χ2v) is 5.69. The maximum Gasteiger partial charge on any atom is 0.410 e. The van der Waals surface area contributed by atoms with Crippen LogP contribution < -0.4 is 0 Å². The Bertz CT molecular complexity index is 268. The number of carbonyl (C=O) groups excluding carboxylic acids is 1. The van der Waals surface area contributed by atoms with E-state index >= 15 is 0 Å². The number of amides is 1. The van der Waals surface area contributed by atoms with Gasteiger partial charge in [0, 0.05) is 12.6 Å². The van der Waals surface area contributed by atoms with E-state index in [1.807, 2.05) is 31.7 Å². The summed E-state index contributed by atoms with van der Waals surface area (Å²) < 4.78 is 5.45. The van der Waals surface area contributed by atoms with Crippen molar-refractivity contribution in [2.45, 2.75) is 64.5 Å². The van der Waals surface area contributed by atoms with Gasteiger partial charge in [0.05, 0.1) is 0 Å². The van der Waals surface area contributed by atoms with Gasteiger partial charge in [0.1, 0.15) is 5.60 Å². The van der Waals surface area contributed by atoms with E-state index in [0.29, 0.717) is 6.04 Å². The summed E-state index contributed by atoms with van der Waals surface area (Å²) in [6.45, 7) is 10.3. The van der Waals surface area contributed by atoms with Gasteiger partial charge in [-0.1, -0.05) is 6.08 Å². The first-order valence-electron chi connectivity index (χ1n) is 6.54. The first-order chi connectivity index (χ1) is 7.94. The van der Waals surface area contributed by atoms with Crippen LogP contribution >= 0.6 is 0 Å². The highest BCUT2D eigenvalue weighted by Gasteiger charge is 2.29. The average Bonchev–Trinajstić information content (AvgIpc) is 2.24. The molecule has 0 N–H and O–H groups in total. The third-order valence-electron chi connectivity index (χ3n) is 2.96. The Kier molecular flexibility index (Phi) is 5.03. The summed E-state index contributed by atoms with van der Waals surface area (Å²) in [5.74, 6) is 0. The lowest BCUT2D eigenvalue weighted by molar-refractivity contribution is 0.00900. The van der Waals surface area contributed by atoms with Crippen LogP contribution in [0.25, 0.3) is 0 Å². The molecule has 0 aromatic carbocycles. The molecule has 3 heteroatoms. The van der Waals surface area contributed by atoms with Gasteiger partial charge in [-0.2, -0.15) is 0 Å². The maximum atomic E-state index is 12.1. The fourth-order valence-corrected chi connectivity index (χ4v) is 2.17. The molecular weight excluding hydrogens is 214 g/mol. The van der Waals surface area contributed by atoms with E-state index in [0.717, 1.165) is 32.2 Å². The molecular formula is C14H25NO2. The Labute approximate surface area is 105 Å². The molecule has 1 atom stereocenters. The van der Waals surface area contributed by atoms with Gasteiger partial charge >= 0.3 is 6.09 Å². The molecule has 1 saturated heterocycles. The van der Waals surface area contributed by atoms with Crippen molar-refractivity contribution in [1.82, 2.24) is 4.90 Å². The monoisotopic (exact) mass is 239 g/mol. The molecule has 1 aliphatic heterocycles. The highest BCUT2D eigenvalue weighted by Crippen LogP contribution is 2.23. The van der Waals surface area contributed by atoms with Gasteiger partial charge in [0.15, 0.2) is 0 Å². The van der Waals surface area contributed by atoms with Crippen molar-refractivity contribution < 1.29 is 9.53 Å². The number of nitrogens with zero attached hydrogens (tertiary/aromatic N) is 1. The van der Waals surface area contributed by atoms with E-state index in [4.69, 9.17) is 4.74 Å². The highest BCUT2D eigenvalue weighted by molar-refractivity contribution is 5.68. The summed E-state index contributed by atoms with van der Waals surface area (Å²) in [4.78, 5) is 14.0. The van der Waals surface area contributed by atoms with Crippen LogP contribution in [0.3, 0.4) is 0 Å². The van der Waals surface area contributed by atoms with Gasteiger partial charge in [0.2, 0.25) is 0 Å². The lowest BCUT2D eigenvalue weighted by Gasteiger charge is -2.36. The Hall–Kier alpha value is -0.990. The zero-order valence-electron chi connectivity index (χ0n) is 11.4. The second kappa shape index (κ2) is 6.08. The zero-order valence-corrected chi connectivity index (χ0v) is 11.4. The number of ether oxygens (including phenoxy) is 1. The smallest absolute Gasteiger partial charge is 0.410 e. The summed E-state index contributed by atoms with van der Waals surface area (Å²) >= 11 is 0. The normalized spacial score (nSPS) is 21.1. The van der Waals surface area contributed by atoms with Crippen LogP contribution in [0.2, 0.25) is 0 Å². The number of hydrogen-bond acceptors (Lipinski definition) is 2. The fourth-order valence-electron chi connectivity index (χ4n) is 2.17. The van der Waals surface area contributed by atoms with E-state index in [-0.39, 0.29) is 6.09 Å². The molecule has 1 aliphatic rings. The molecule has 0 bridgehead atoms. The van der Waals surface area contributed by atoms with Crippen molar-refractivity contribution in [3.8, 4) is 0 Å². The second-order valence-electron chi connectivity index (χ2n) is 5.69. The van der Waals surface area contributed by atoms with Crippen LogP contribution in [0.1, 0.15) is 52.9 Å². The number of allylic oxidation sites excluding steroid dienone is 1. The molecule has 3 nitrogen and oxygen atoms in total. The Morgan fingerprint density at radius 2 is 2.18 bits per heavy atom. The average molecular weight is 239 g/mol. The summed E-state index contributed by atoms with van der Waals surface area (Å²) in [6.07, 6.45) is 7.11. The minimum absolute atomic E-state index is 0.161. The van der Waals surface area contributed by atoms with Crippen molar-refractivity contribution in [2.24, 2.45) is 0 Å². The standard InChI is InChI=1S/C14H25NO2/c1-5-6-9-12-10-7-8-11-15(12)13(16)17-14(2,3)4/h5,12H,1,6-11H2,2-4H3/t12-/m1/s1. The largest absolute Gasteiger partial charge is 0.444 e. The van der Waals surface area contributed by atoms with Gasteiger partial charge in [-0.25, -0.2) is 4.79 Å². The van der Waals surface area contributed by atoms with Crippen LogP contribution in [0.5, 0.6) is 0 Å². The molecule has 0 spiro atoms. The van der Waals surface area contributed by atoms with E-state index < -0.39 is 5.60 Å². The van der Waals surface area contributed by atoms with Gasteiger partial charge in [-0.3, -0.25) is 0 Å². The van der Waals surface area contributed by atoms with Crippen molar-refractivity contribution in [2.75, 3.05) is 6.54 Å². The third-order valence-corrected chi connectivity index (χ3v) is 2.96. The number of hydrogen-bond donors (Lipinski definition) is 0. The molecule has 0 unspecified atom stereocenters. The van der Waals surface area contributed by atoms with Crippen molar-refractivity contribution in [3.63, 3.8) is 0 Å². The number of piperidine rings is 1. The Balaban J connectivity index is 2.57. The van der Waals surface area contributed by atoms with Crippen molar-refractivity contribution >= 4 is 6.09 Å². The lowest BCUT2D eigenvalue weighted by atomic mass is 9.98. The zero-order chi connectivity index (χ0) is 12.9. The van der Waals surface area contributed by atoms with Gasteiger partial charge < -0.3 is 9.64 Å². The first kappa shape index (κ1) is 14.1. The van der Waals surface area contributed by atoms with E-state index in [1.54, 1.807) is 0 Å². The molecule has 1 heterocycles. The van der Waals surface area contributed by atoms with Gasteiger partial charge in [-0.15, -0.1) is 6.58 Å².